The number of halogens is 1. The van der Waals surface area contributed by atoms with Gasteiger partial charge in [0.05, 0.1) is 0 Å². The van der Waals surface area contributed by atoms with Gasteiger partial charge in [-0.05, 0) is 48.2 Å². The predicted molar refractivity (Wildman–Crippen MR) is 117 cm³/mol. The normalized spacial score (nSPS) is 8.88. The summed E-state index contributed by atoms with van der Waals surface area (Å²) in [6.45, 7) is 12.6. The van der Waals surface area contributed by atoms with E-state index in [-0.39, 0.29) is 5.82 Å². The van der Waals surface area contributed by atoms with E-state index < -0.39 is 0 Å². The van der Waals surface area contributed by atoms with Crippen molar-refractivity contribution in [3.8, 4) is 0 Å². The molecule has 0 unspecified atom stereocenters. The number of hydrogen-bond donors (Lipinski definition) is 1. The average Bonchev–Trinajstić information content (AvgIpc) is 2.70. The summed E-state index contributed by atoms with van der Waals surface area (Å²) < 4.78 is 12.2. The van der Waals surface area contributed by atoms with Gasteiger partial charge in [-0.1, -0.05) is 91.5 Å². The Hall–Kier alpha value is -1.83. The van der Waals surface area contributed by atoms with Gasteiger partial charge in [0.25, 0.3) is 0 Å². The van der Waals surface area contributed by atoms with Crippen LogP contribution in [-0.4, -0.2) is 0 Å². The Labute approximate surface area is 161 Å². The fourth-order valence-corrected chi connectivity index (χ4v) is 1.97. The summed E-state index contributed by atoms with van der Waals surface area (Å²) in [4.78, 5) is 0. The first-order valence-corrected chi connectivity index (χ1v) is 10.2. The minimum Gasteiger partial charge on any atom is -0.399 e. The molecule has 2 aromatic carbocycles. The van der Waals surface area contributed by atoms with Crippen LogP contribution in [0.3, 0.4) is 0 Å². The van der Waals surface area contributed by atoms with Gasteiger partial charge in [0.2, 0.25) is 0 Å². The van der Waals surface area contributed by atoms with Crippen LogP contribution in [0.1, 0.15) is 78.4 Å². The first-order valence-electron chi connectivity index (χ1n) is 10.2. The van der Waals surface area contributed by atoms with Crippen molar-refractivity contribution < 1.29 is 4.39 Å². The maximum Gasteiger partial charge on any atom is 0.123 e. The Balaban J connectivity index is 0. The van der Waals surface area contributed by atoms with Crippen molar-refractivity contribution in [1.82, 2.24) is 0 Å². The molecule has 2 heteroatoms. The van der Waals surface area contributed by atoms with Crippen molar-refractivity contribution in [3.05, 3.63) is 65.5 Å². The largest absolute Gasteiger partial charge is 0.399 e. The highest BCUT2D eigenvalue weighted by atomic mass is 19.1. The highest BCUT2D eigenvalue weighted by molar-refractivity contribution is 5.39. The second kappa shape index (κ2) is 19.5. The van der Waals surface area contributed by atoms with E-state index in [1.807, 2.05) is 32.9 Å². The third-order valence-corrected chi connectivity index (χ3v) is 3.67. The van der Waals surface area contributed by atoms with Crippen LogP contribution in [0.15, 0.2) is 48.5 Å². The van der Waals surface area contributed by atoms with Gasteiger partial charge in [-0.3, -0.25) is 0 Å². The monoisotopic (exact) mass is 361 g/mol. The van der Waals surface area contributed by atoms with Gasteiger partial charge in [-0.2, -0.15) is 0 Å². The Bertz CT molecular complexity index is 453. The average molecular weight is 362 g/mol. The van der Waals surface area contributed by atoms with E-state index >= 15 is 0 Å². The minimum atomic E-state index is -0.160. The van der Waals surface area contributed by atoms with Gasteiger partial charge in [0.15, 0.2) is 0 Å². The maximum absolute atomic E-state index is 12.2. The van der Waals surface area contributed by atoms with Crippen LogP contribution in [-0.2, 0) is 12.8 Å². The number of benzene rings is 2. The summed E-state index contributed by atoms with van der Waals surface area (Å²) in [5.74, 6) is -0.160. The Kier molecular flexibility index (Phi) is 19.8. The zero-order valence-corrected chi connectivity index (χ0v) is 17.8. The van der Waals surface area contributed by atoms with Gasteiger partial charge in [-0.15, -0.1) is 0 Å². The van der Waals surface area contributed by atoms with E-state index in [2.05, 4.69) is 32.9 Å². The lowest BCUT2D eigenvalue weighted by molar-refractivity contribution is 0.627. The van der Waals surface area contributed by atoms with Crippen molar-refractivity contribution >= 4 is 5.69 Å². The number of unbranched alkanes of at least 4 members (excludes halogenated alkanes) is 3. The predicted octanol–water partition coefficient (Wildman–Crippen LogP) is 7.83. The first-order chi connectivity index (χ1) is 12.6. The molecule has 0 aliphatic carbocycles. The van der Waals surface area contributed by atoms with E-state index in [4.69, 9.17) is 5.73 Å². The molecule has 148 valence electrons. The number of aryl methyl sites for hydroxylation is 2. The molecule has 0 aliphatic heterocycles. The van der Waals surface area contributed by atoms with Gasteiger partial charge in [-0.25, -0.2) is 4.39 Å². The Morgan fingerprint density at radius 3 is 1.31 bits per heavy atom. The quantitative estimate of drug-likeness (QED) is 0.426. The van der Waals surface area contributed by atoms with Crippen molar-refractivity contribution in [2.45, 2.75) is 80.1 Å². The lowest BCUT2D eigenvalue weighted by atomic mass is 10.2. The number of rotatable bonds is 5. The number of hydrogen-bond acceptors (Lipinski definition) is 1. The van der Waals surface area contributed by atoms with Crippen molar-refractivity contribution in [2.75, 3.05) is 5.73 Å². The lowest BCUT2D eigenvalue weighted by Crippen LogP contribution is -1.84. The molecular formula is C24H40FN. The van der Waals surface area contributed by atoms with E-state index in [0.717, 1.165) is 18.5 Å². The van der Waals surface area contributed by atoms with Crippen LogP contribution in [0.2, 0.25) is 0 Å². The van der Waals surface area contributed by atoms with Crippen molar-refractivity contribution in [3.63, 3.8) is 0 Å². The molecule has 0 saturated heterocycles. The highest BCUT2D eigenvalue weighted by Crippen LogP contribution is 2.05. The summed E-state index contributed by atoms with van der Waals surface area (Å²) in [5.41, 5.74) is 8.84. The fraction of sp³-hybridized carbons (Fsp3) is 0.500. The van der Waals surface area contributed by atoms with E-state index in [1.165, 1.54) is 48.9 Å². The summed E-state index contributed by atoms with van der Waals surface area (Å²) in [7, 11) is 0. The van der Waals surface area contributed by atoms with Crippen molar-refractivity contribution in [2.24, 2.45) is 0 Å². The summed E-state index contributed by atoms with van der Waals surface area (Å²) in [5, 5.41) is 0. The molecule has 0 bridgehead atoms. The van der Waals surface area contributed by atoms with E-state index in [9.17, 15) is 4.39 Å². The second-order valence-electron chi connectivity index (χ2n) is 5.78. The van der Waals surface area contributed by atoms with Crippen LogP contribution in [0.4, 0.5) is 10.1 Å². The molecule has 0 atom stereocenters. The molecule has 2 aromatic rings. The number of nitrogens with two attached hydrogens (primary N) is 1. The highest BCUT2D eigenvalue weighted by Gasteiger charge is 1.87. The molecule has 1 nitrogen and oxygen atoms in total. The maximum atomic E-state index is 12.2. The summed E-state index contributed by atoms with van der Waals surface area (Å²) >= 11 is 0. The van der Waals surface area contributed by atoms with Gasteiger partial charge < -0.3 is 5.73 Å². The van der Waals surface area contributed by atoms with Gasteiger partial charge in [0.1, 0.15) is 5.82 Å². The molecule has 0 fully saturated rings. The standard InChI is InChI=1S/C8H9F.C8H11N.C6H14.C2H6/c2*1-2-7-3-5-8(9)6-4-7;1-3-5-6-4-2;1-2/h3-6H,2H2,1H3;3-6H,2,9H2,1H3;3-6H2,1-2H3;1-2H3. The summed E-state index contributed by atoms with van der Waals surface area (Å²) in [6.07, 6.45) is 7.59. The number of anilines is 1. The molecule has 0 heterocycles. The molecule has 26 heavy (non-hydrogen) atoms. The van der Waals surface area contributed by atoms with Gasteiger partial charge >= 0.3 is 0 Å². The third-order valence-electron chi connectivity index (χ3n) is 3.67. The van der Waals surface area contributed by atoms with E-state index in [0.29, 0.717) is 0 Å². The third kappa shape index (κ3) is 15.7. The minimum absolute atomic E-state index is 0.160. The Morgan fingerprint density at radius 2 is 1.00 bits per heavy atom. The molecule has 0 radical (unpaired) electrons. The first kappa shape index (κ1) is 26.4. The molecule has 2 N–H and O–H groups in total. The Morgan fingerprint density at radius 1 is 0.654 bits per heavy atom. The molecule has 0 aliphatic rings. The van der Waals surface area contributed by atoms with Crippen LogP contribution in [0.25, 0.3) is 0 Å². The smallest absolute Gasteiger partial charge is 0.123 e. The SMILES string of the molecule is CC.CCCCCC.CCc1ccc(F)cc1.CCc1ccc(N)cc1. The van der Waals surface area contributed by atoms with E-state index in [1.54, 1.807) is 12.1 Å². The van der Waals surface area contributed by atoms with Crippen LogP contribution >= 0.6 is 0 Å². The van der Waals surface area contributed by atoms with Crippen molar-refractivity contribution in [1.29, 1.82) is 0 Å². The lowest BCUT2D eigenvalue weighted by Gasteiger charge is -1.94. The topological polar surface area (TPSA) is 26.0 Å². The molecule has 0 spiro atoms. The zero-order chi connectivity index (χ0) is 20.2. The van der Waals surface area contributed by atoms with Crippen LogP contribution < -0.4 is 5.73 Å². The number of nitrogen functional groups attached to an aromatic ring is 1. The molecule has 0 saturated carbocycles. The fourth-order valence-electron chi connectivity index (χ4n) is 1.97. The molecule has 2 rings (SSSR count). The second-order valence-corrected chi connectivity index (χ2v) is 5.78. The van der Waals surface area contributed by atoms with Crippen LogP contribution in [0.5, 0.6) is 0 Å². The molecule has 0 aromatic heterocycles. The molecular weight excluding hydrogens is 321 g/mol. The zero-order valence-electron chi connectivity index (χ0n) is 17.8. The summed E-state index contributed by atoms with van der Waals surface area (Å²) in [6, 6.07) is 14.5. The molecule has 0 amide bonds. The van der Waals surface area contributed by atoms with Gasteiger partial charge in [0, 0.05) is 5.69 Å². The van der Waals surface area contributed by atoms with Crippen LogP contribution in [0, 0.1) is 5.82 Å².